The van der Waals surface area contributed by atoms with Crippen LogP contribution in [0.15, 0.2) is 30.3 Å². The van der Waals surface area contributed by atoms with Crippen molar-refractivity contribution in [2.75, 3.05) is 0 Å². The molecule has 4 heteroatoms. The molecule has 2 N–H and O–H groups in total. The maximum atomic E-state index is 12.1. The summed E-state index contributed by atoms with van der Waals surface area (Å²) in [6.45, 7) is 3.97. The fraction of sp³-hybridized carbons (Fsp3) is 0.286. The van der Waals surface area contributed by atoms with Crippen LogP contribution in [0, 0.1) is 13.8 Å². The van der Waals surface area contributed by atoms with Crippen LogP contribution < -0.4 is 5.73 Å². The number of carbonyl (C=O) groups is 1. The summed E-state index contributed by atoms with van der Waals surface area (Å²) in [6, 6.07) is 8.88. The number of aryl methyl sites for hydroxylation is 2. The van der Waals surface area contributed by atoms with E-state index < -0.39 is 6.04 Å². The smallest absolute Gasteiger partial charge is 0.160 e. The van der Waals surface area contributed by atoms with Crippen LogP contribution in [0.25, 0.3) is 0 Å². The molecule has 0 saturated carbocycles. The van der Waals surface area contributed by atoms with Gasteiger partial charge in [0.2, 0.25) is 0 Å². The minimum Gasteiger partial charge on any atom is -0.318 e. The number of rotatable bonds is 4. The molecule has 0 aliphatic carbocycles. The van der Waals surface area contributed by atoms with E-state index in [1.807, 2.05) is 44.2 Å². The quantitative estimate of drug-likeness (QED) is 0.919. The Kier molecular flexibility index (Phi) is 3.89. The van der Waals surface area contributed by atoms with Crippen LogP contribution in [0.3, 0.4) is 0 Å². The van der Waals surface area contributed by atoms with Gasteiger partial charge in [0, 0.05) is 4.88 Å². The van der Waals surface area contributed by atoms with Crippen LogP contribution in [0.5, 0.6) is 0 Å². The fourth-order valence-electron chi connectivity index (χ4n) is 1.72. The van der Waals surface area contributed by atoms with Crippen LogP contribution in [-0.2, 0) is 11.2 Å². The molecule has 1 aromatic heterocycles. The van der Waals surface area contributed by atoms with Crippen molar-refractivity contribution in [2.24, 2.45) is 5.73 Å². The van der Waals surface area contributed by atoms with Crippen LogP contribution in [0.4, 0.5) is 0 Å². The minimum atomic E-state index is -0.560. The zero-order valence-electron chi connectivity index (χ0n) is 10.5. The topological polar surface area (TPSA) is 56.0 Å². The zero-order valence-corrected chi connectivity index (χ0v) is 11.3. The van der Waals surface area contributed by atoms with Crippen LogP contribution >= 0.6 is 11.3 Å². The molecular formula is C14H16N2OS. The molecule has 1 unspecified atom stereocenters. The third kappa shape index (κ3) is 2.83. The highest BCUT2D eigenvalue weighted by atomic mass is 32.1. The summed E-state index contributed by atoms with van der Waals surface area (Å²) >= 11 is 1.57. The van der Waals surface area contributed by atoms with E-state index in [9.17, 15) is 4.79 Å². The summed E-state index contributed by atoms with van der Waals surface area (Å²) in [6.07, 6.45) is 0.315. The lowest BCUT2D eigenvalue weighted by molar-refractivity contribution is -0.119. The first kappa shape index (κ1) is 12.9. The second-order valence-electron chi connectivity index (χ2n) is 4.28. The lowest BCUT2D eigenvalue weighted by Gasteiger charge is -2.09. The Hall–Kier alpha value is -1.52. The van der Waals surface area contributed by atoms with Crippen molar-refractivity contribution < 1.29 is 4.79 Å². The third-order valence-corrected chi connectivity index (χ3v) is 3.98. The third-order valence-electron chi connectivity index (χ3n) is 2.90. The first-order valence-corrected chi connectivity index (χ1v) is 6.65. The molecule has 0 amide bonds. The fourth-order valence-corrected chi connectivity index (χ4v) is 2.66. The van der Waals surface area contributed by atoms with Crippen molar-refractivity contribution in [2.45, 2.75) is 26.3 Å². The molecule has 0 fully saturated rings. The van der Waals surface area contributed by atoms with Crippen molar-refractivity contribution in [1.82, 2.24) is 4.98 Å². The maximum absolute atomic E-state index is 12.1. The number of benzene rings is 1. The number of Topliss-reactive ketones (excluding diaryl/α,β-unsaturated/α-hetero) is 1. The number of thiazole rings is 1. The van der Waals surface area contributed by atoms with Gasteiger partial charge in [-0.15, -0.1) is 11.3 Å². The van der Waals surface area contributed by atoms with E-state index in [1.165, 1.54) is 0 Å². The average molecular weight is 260 g/mol. The Bertz CT molecular complexity index is 529. The highest BCUT2D eigenvalue weighted by Gasteiger charge is 2.17. The van der Waals surface area contributed by atoms with E-state index in [0.29, 0.717) is 6.42 Å². The van der Waals surface area contributed by atoms with E-state index in [1.54, 1.807) is 11.3 Å². The number of hydrogen-bond donors (Lipinski definition) is 1. The molecule has 94 valence electrons. The van der Waals surface area contributed by atoms with E-state index in [4.69, 9.17) is 5.73 Å². The van der Waals surface area contributed by atoms with Crippen molar-refractivity contribution in [3.63, 3.8) is 0 Å². The number of nitrogens with zero attached hydrogens (tertiary/aromatic N) is 1. The van der Waals surface area contributed by atoms with Gasteiger partial charge in [-0.2, -0.15) is 0 Å². The van der Waals surface area contributed by atoms with E-state index in [0.717, 1.165) is 21.1 Å². The number of aromatic nitrogens is 1. The summed E-state index contributed by atoms with van der Waals surface area (Å²) in [7, 11) is 0. The van der Waals surface area contributed by atoms with Crippen molar-refractivity contribution in [1.29, 1.82) is 0 Å². The van der Waals surface area contributed by atoms with Crippen molar-refractivity contribution in [3.8, 4) is 0 Å². The Morgan fingerprint density at radius 3 is 2.56 bits per heavy atom. The number of nitrogens with two attached hydrogens (primary N) is 1. The molecule has 1 aromatic carbocycles. The second-order valence-corrected chi connectivity index (χ2v) is 5.57. The predicted octanol–water partition coefficient (Wildman–Crippen LogP) is 2.57. The molecular weight excluding hydrogens is 244 g/mol. The molecule has 2 rings (SSSR count). The Balaban J connectivity index is 2.08. The van der Waals surface area contributed by atoms with Gasteiger partial charge in [-0.1, -0.05) is 30.3 Å². The van der Waals surface area contributed by atoms with Gasteiger partial charge in [-0.3, -0.25) is 4.79 Å². The van der Waals surface area contributed by atoms with Crippen LogP contribution in [0.2, 0.25) is 0 Å². The van der Waals surface area contributed by atoms with Gasteiger partial charge in [0.15, 0.2) is 5.78 Å². The first-order chi connectivity index (χ1) is 8.58. The number of carbonyl (C=O) groups excluding carboxylic acids is 1. The summed E-state index contributed by atoms with van der Waals surface area (Å²) in [5.41, 5.74) is 7.81. The monoisotopic (exact) mass is 260 g/mol. The Morgan fingerprint density at radius 2 is 2.00 bits per heavy atom. The minimum absolute atomic E-state index is 0.00921. The van der Waals surface area contributed by atoms with Crippen molar-refractivity contribution in [3.05, 3.63) is 51.5 Å². The van der Waals surface area contributed by atoms with E-state index >= 15 is 0 Å². The Morgan fingerprint density at radius 1 is 1.33 bits per heavy atom. The largest absolute Gasteiger partial charge is 0.318 e. The normalized spacial score (nSPS) is 12.4. The standard InChI is InChI=1S/C14H16N2OS/c1-9-10(2)18-13(16-9)8-12(17)14(15)11-6-4-3-5-7-11/h3-7,14H,8,15H2,1-2H3. The predicted molar refractivity (Wildman–Crippen MR) is 73.7 cm³/mol. The van der Waals surface area contributed by atoms with Gasteiger partial charge < -0.3 is 5.73 Å². The van der Waals surface area contributed by atoms with E-state index in [2.05, 4.69) is 4.98 Å². The van der Waals surface area contributed by atoms with E-state index in [-0.39, 0.29) is 5.78 Å². The SMILES string of the molecule is Cc1nc(CC(=O)C(N)c2ccccc2)sc1C. The summed E-state index contributed by atoms with van der Waals surface area (Å²) < 4.78 is 0. The number of hydrogen-bond acceptors (Lipinski definition) is 4. The number of ketones is 1. The molecule has 0 bridgehead atoms. The lowest BCUT2D eigenvalue weighted by atomic mass is 10.0. The molecule has 2 aromatic rings. The molecule has 0 aliphatic rings. The van der Waals surface area contributed by atoms with Gasteiger partial charge in [0.1, 0.15) is 5.01 Å². The molecule has 0 spiro atoms. The van der Waals surface area contributed by atoms with Gasteiger partial charge in [-0.25, -0.2) is 4.98 Å². The summed E-state index contributed by atoms with van der Waals surface area (Å²) in [4.78, 5) is 17.6. The zero-order chi connectivity index (χ0) is 13.1. The molecule has 0 aliphatic heterocycles. The van der Waals surface area contributed by atoms with Gasteiger partial charge in [0.25, 0.3) is 0 Å². The second kappa shape index (κ2) is 5.42. The van der Waals surface area contributed by atoms with Crippen LogP contribution in [0.1, 0.15) is 27.2 Å². The van der Waals surface area contributed by atoms with Crippen molar-refractivity contribution >= 4 is 17.1 Å². The molecule has 1 heterocycles. The highest BCUT2D eigenvalue weighted by molar-refractivity contribution is 7.11. The highest BCUT2D eigenvalue weighted by Crippen LogP contribution is 2.19. The first-order valence-electron chi connectivity index (χ1n) is 5.84. The van der Waals surface area contributed by atoms with Gasteiger partial charge >= 0.3 is 0 Å². The summed E-state index contributed by atoms with van der Waals surface area (Å²) in [5.74, 6) is 0.00921. The molecule has 3 nitrogen and oxygen atoms in total. The molecule has 0 radical (unpaired) electrons. The average Bonchev–Trinajstić information content (AvgIpc) is 2.68. The molecule has 0 saturated heterocycles. The molecule has 18 heavy (non-hydrogen) atoms. The van der Waals surface area contributed by atoms with Crippen LogP contribution in [-0.4, -0.2) is 10.8 Å². The molecule has 1 atom stereocenters. The lowest BCUT2D eigenvalue weighted by Crippen LogP contribution is -2.23. The maximum Gasteiger partial charge on any atom is 0.160 e. The van der Waals surface area contributed by atoms with Gasteiger partial charge in [-0.05, 0) is 19.4 Å². The Labute approximate surface area is 111 Å². The summed E-state index contributed by atoms with van der Waals surface area (Å²) in [5, 5.41) is 0.849. The van der Waals surface area contributed by atoms with Gasteiger partial charge in [0.05, 0.1) is 18.2 Å².